The van der Waals surface area contributed by atoms with Crippen molar-refractivity contribution in [3.05, 3.63) is 188 Å². The van der Waals surface area contributed by atoms with Crippen LogP contribution in [0.15, 0.2) is 127 Å². The van der Waals surface area contributed by atoms with Crippen LogP contribution in [0.1, 0.15) is 105 Å². The van der Waals surface area contributed by atoms with E-state index in [1.807, 2.05) is 60.7 Å². The van der Waals surface area contributed by atoms with Crippen LogP contribution in [0.5, 0.6) is 0 Å². The smallest absolute Gasteiger partial charge is 0.0435 e. The second-order valence-corrected chi connectivity index (χ2v) is 14.6. The van der Waals surface area contributed by atoms with Gasteiger partial charge in [0.1, 0.15) is 0 Å². The molecule has 5 aromatic rings. The maximum atomic E-state index is 5.58. The normalized spacial score (nSPS) is 19.0. The van der Waals surface area contributed by atoms with Crippen molar-refractivity contribution in [2.75, 3.05) is 11.9 Å². The Balaban J connectivity index is 0.000000379. The van der Waals surface area contributed by atoms with Crippen molar-refractivity contribution in [2.24, 2.45) is 5.92 Å². The van der Waals surface area contributed by atoms with E-state index in [2.05, 4.69) is 126 Å². The summed E-state index contributed by atoms with van der Waals surface area (Å²) < 4.78 is 0. The number of anilines is 1. The topological polar surface area (TPSA) is 17.3 Å². The van der Waals surface area contributed by atoms with Crippen LogP contribution in [0.3, 0.4) is 0 Å². The van der Waals surface area contributed by atoms with Crippen LogP contribution in [-0.4, -0.2) is 19.1 Å². The standard InChI is InChI=1S/C34H42N2.2C7H7.CH3.Zr/c1-23(2)29-14-10-15-30(24(3)4)34(29)36(5)32-16-9-13-28-21-22-31(35-33(28)32)27-19-17-26(18-20-27)25-11-7-6-8-12-25;2*1-7-5-3-2-4-6-7;;/h6-8,10-12,14-15,17-19,23-24,28,31-33H,9,13,16,21-22H2,1-5H3;2*2-6H,1H2;1H3;/q-2;3*-1;. The molecule has 0 radical (unpaired) electrons. The summed E-state index contributed by atoms with van der Waals surface area (Å²) in [6.07, 6.45) is 6.30. The van der Waals surface area contributed by atoms with Crippen molar-refractivity contribution >= 4 is 5.69 Å². The number of rotatable bonds is 6. The van der Waals surface area contributed by atoms with Crippen LogP contribution in [0.2, 0.25) is 0 Å². The first-order chi connectivity index (χ1) is 24.2. The Morgan fingerprint density at radius 1 is 0.635 bits per heavy atom. The van der Waals surface area contributed by atoms with Gasteiger partial charge in [-0.05, 0) is 29.4 Å². The molecule has 2 nitrogen and oxygen atoms in total. The van der Waals surface area contributed by atoms with Crippen molar-refractivity contribution in [2.45, 2.75) is 89.8 Å². The number of nitrogens with zero attached hydrogens (tertiary/aromatic N) is 2. The van der Waals surface area contributed by atoms with Gasteiger partial charge >= 0.3 is 0 Å². The predicted molar refractivity (Wildman–Crippen MR) is 222 cm³/mol. The molecule has 0 bridgehead atoms. The zero-order valence-electron chi connectivity index (χ0n) is 32.4. The van der Waals surface area contributed by atoms with Crippen LogP contribution >= 0.6 is 0 Å². The van der Waals surface area contributed by atoms with Crippen LogP contribution < -0.4 is 4.90 Å². The summed E-state index contributed by atoms with van der Waals surface area (Å²) in [4.78, 5) is 2.63. The maximum Gasteiger partial charge on any atom is 0.0435 e. The predicted octanol–water partition coefficient (Wildman–Crippen LogP) is 13.5. The zero-order chi connectivity index (χ0) is 35.5. The summed E-state index contributed by atoms with van der Waals surface area (Å²) in [5, 5.41) is 5.58. The molecule has 4 unspecified atom stereocenters. The van der Waals surface area contributed by atoms with E-state index in [0.29, 0.717) is 29.8 Å². The van der Waals surface area contributed by atoms with Gasteiger partial charge < -0.3 is 17.6 Å². The van der Waals surface area contributed by atoms with E-state index in [-0.39, 0.29) is 39.7 Å². The Morgan fingerprint density at radius 3 is 1.63 bits per heavy atom. The van der Waals surface area contributed by atoms with Crippen molar-refractivity contribution in [3.63, 3.8) is 0 Å². The molecular formula is C49H59N2Zr-5. The number of para-hydroxylation sites is 1. The van der Waals surface area contributed by atoms with Gasteiger partial charge in [0.15, 0.2) is 0 Å². The number of likely N-dealkylation sites (N-methyl/N-ethyl adjacent to an activating group) is 1. The molecule has 1 aliphatic carbocycles. The average Bonchev–Trinajstić information content (AvgIpc) is 3.15. The monoisotopic (exact) mass is 765 g/mol. The fraction of sp³-hybridized carbons (Fsp3) is 0.327. The van der Waals surface area contributed by atoms with Crippen LogP contribution in [0, 0.1) is 33.3 Å². The number of hydrogen-bond acceptors (Lipinski definition) is 1. The van der Waals surface area contributed by atoms with Crippen LogP contribution in [0.4, 0.5) is 5.69 Å². The molecule has 1 saturated heterocycles. The second kappa shape index (κ2) is 21.3. The van der Waals surface area contributed by atoms with E-state index >= 15 is 0 Å². The van der Waals surface area contributed by atoms with E-state index < -0.39 is 0 Å². The molecule has 274 valence electrons. The Labute approximate surface area is 336 Å². The van der Waals surface area contributed by atoms with Gasteiger partial charge in [0.2, 0.25) is 0 Å². The van der Waals surface area contributed by atoms with E-state index in [4.69, 9.17) is 5.32 Å². The molecule has 2 fully saturated rings. The molecule has 0 aromatic heterocycles. The molecule has 4 atom stereocenters. The third-order valence-electron chi connectivity index (χ3n) is 10.3. The molecule has 0 spiro atoms. The second-order valence-electron chi connectivity index (χ2n) is 14.6. The van der Waals surface area contributed by atoms with Gasteiger partial charge in [0.05, 0.1) is 0 Å². The summed E-state index contributed by atoms with van der Waals surface area (Å²) in [7, 11) is 2.35. The fourth-order valence-electron chi connectivity index (χ4n) is 7.59. The first-order valence-electron chi connectivity index (χ1n) is 18.6. The summed E-state index contributed by atoms with van der Waals surface area (Å²) >= 11 is 0. The largest absolute Gasteiger partial charge is 0.653 e. The molecule has 1 aliphatic heterocycles. The van der Waals surface area contributed by atoms with Gasteiger partial charge in [0, 0.05) is 45.0 Å². The quantitative estimate of drug-likeness (QED) is 0.157. The summed E-state index contributed by atoms with van der Waals surface area (Å²) in [6.45, 7) is 16.8. The molecule has 5 aromatic carbocycles. The van der Waals surface area contributed by atoms with Crippen molar-refractivity contribution in [3.8, 4) is 11.1 Å². The van der Waals surface area contributed by atoms with Crippen LogP contribution in [-0.2, 0) is 26.2 Å². The Morgan fingerprint density at radius 2 is 1.17 bits per heavy atom. The number of hydrogen-bond donors (Lipinski definition) is 0. The number of fused-ring (bicyclic) bond motifs is 1. The van der Waals surface area contributed by atoms with E-state index in [0.717, 1.165) is 17.5 Å². The number of piperidine rings is 1. The number of benzene rings is 5. The third kappa shape index (κ3) is 11.5. The van der Waals surface area contributed by atoms with Gasteiger partial charge in [-0.15, -0.1) is 41.9 Å². The first-order valence-corrected chi connectivity index (χ1v) is 18.6. The van der Waals surface area contributed by atoms with E-state index in [1.165, 1.54) is 59.2 Å². The molecular weight excluding hydrogens is 708 g/mol. The minimum atomic E-state index is 0. The molecule has 52 heavy (non-hydrogen) atoms. The SMILES string of the molecule is CC(C)c1cccc(C(C)C)c1N(C)C1CCCC2CCC(c3[c-]cc(-c4ccccc4)cc3)[N-]C21.[CH2-]c1ccccc1.[CH2-]c1ccccc1.[CH3-].[Zr]. The van der Waals surface area contributed by atoms with E-state index in [9.17, 15) is 0 Å². The van der Waals surface area contributed by atoms with Crippen molar-refractivity contribution in [1.82, 2.24) is 0 Å². The van der Waals surface area contributed by atoms with Gasteiger partial charge in [-0.1, -0.05) is 126 Å². The Kier molecular flexibility index (Phi) is 17.5. The maximum absolute atomic E-state index is 5.58. The third-order valence-corrected chi connectivity index (χ3v) is 10.3. The van der Waals surface area contributed by atoms with Crippen LogP contribution in [0.25, 0.3) is 16.4 Å². The minimum Gasteiger partial charge on any atom is -0.653 e. The fourth-order valence-corrected chi connectivity index (χ4v) is 7.59. The summed E-state index contributed by atoms with van der Waals surface area (Å²) in [5.41, 5.74) is 10.3. The van der Waals surface area contributed by atoms with E-state index in [1.54, 1.807) is 0 Å². The van der Waals surface area contributed by atoms with Gasteiger partial charge in [-0.2, -0.15) is 79.1 Å². The van der Waals surface area contributed by atoms with Crippen molar-refractivity contribution in [1.29, 1.82) is 0 Å². The van der Waals surface area contributed by atoms with Gasteiger partial charge in [0.25, 0.3) is 0 Å². The minimum absolute atomic E-state index is 0. The Bertz CT molecular complexity index is 1640. The van der Waals surface area contributed by atoms with Crippen molar-refractivity contribution < 1.29 is 26.2 Å². The molecule has 0 N–H and O–H groups in total. The summed E-state index contributed by atoms with van der Waals surface area (Å²) in [6, 6.07) is 48.7. The molecule has 7 rings (SSSR count). The Hall–Kier alpha value is -3.52. The molecule has 1 heterocycles. The van der Waals surface area contributed by atoms with Gasteiger partial charge in [-0.25, -0.2) is 0 Å². The van der Waals surface area contributed by atoms with Gasteiger partial charge in [-0.3, -0.25) is 0 Å². The molecule has 2 aliphatic rings. The molecule has 3 heteroatoms. The molecule has 1 saturated carbocycles. The molecule has 0 amide bonds. The first kappa shape index (κ1) is 42.9. The zero-order valence-corrected chi connectivity index (χ0v) is 34.9. The average molecular weight is 767 g/mol. The summed E-state index contributed by atoms with van der Waals surface area (Å²) in [5.74, 6) is 1.73.